The van der Waals surface area contributed by atoms with Crippen molar-refractivity contribution in [1.29, 1.82) is 0 Å². The lowest BCUT2D eigenvalue weighted by Gasteiger charge is -2.43. The molecular weight excluding hydrogens is 624 g/mol. The second kappa shape index (κ2) is 14.4. The van der Waals surface area contributed by atoms with Crippen molar-refractivity contribution >= 4 is 61.9 Å². The summed E-state index contributed by atoms with van der Waals surface area (Å²) in [6.07, 6.45) is 4.84. The summed E-state index contributed by atoms with van der Waals surface area (Å²) in [5.74, 6) is 0.205. The van der Waals surface area contributed by atoms with E-state index in [2.05, 4.69) is 60.3 Å². The van der Waals surface area contributed by atoms with E-state index >= 15 is 0 Å². The molecular formula is C33H43ClN8O3S. The number of rotatable bonds is 10. The molecule has 0 bridgehead atoms. The lowest BCUT2D eigenvalue weighted by Crippen LogP contribution is -2.52. The van der Waals surface area contributed by atoms with Crippen LogP contribution >= 0.6 is 11.6 Å². The highest BCUT2D eigenvalue weighted by Gasteiger charge is 2.28. The number of carbonyl (C=O) groups is 1. The summed E-state index contributed by atoms with van der Waals surface area (Å²) >= 11 is 6.45. The number of likely N-dealkylation sites (N-methyl/N-ethyl adjacent to an activating group) is 1. The number of aromatic nitrogens is 2. The number of sulfone groups is 1. The summed E-state index contributed by atoms with van der Waals surface area (Å²) in [4.78, 5) is 28.9. The number of nitrogens with zero attached hydrogens (tertiary/aromatic N) is 5. The number of hydrogen-bond acceptors (Lipinski definition) is 10. The topological polar surface area (TPSA) is 123 Å². The minimum Gasteiger partial charge on any atom is -0.370 e. The zero-order valence-electron chi connectivity index (χ0n) is 26.9. The fraction of sp³-hybridized carbons (Fsp3) is 0.424. The van der Waals surface area contributed by atoms with Gasteiger partial charge in [-0.2, -0.15) is 4.98 Å². The van der Waals surface area contributed by atoms with Gasteiger partial charge in [0.1, 0.15) is 5.02 Å². The molecule has 46 heavy (non-hydrogen) atoms. The Balaban J connectivity index is 1.37. The summed E-state index contributed by atoms with van der Waals surface area (Å²) in [7, 11) is -1.38. The van der Waals surface area contributed by atoms with Crippen molar-refractivity contribution in [1.82, 2.24) is 19.8 Å². The highest BCUT2D eigenvalue weighted by molar-refractivity contribution is 7.92. The molecule has 0 radical (unpaired) electrons. The van der Waals surface area contributed by atoms with Crippen molar-refractivity contribution in [3.05, 3.63) is 65.8 Å². The maximum absolute atomic E-state index is 13.0. The second-order valence-electron chi connectivity index (χ2n) is 12.2. The highest BCUT2D eigenvalue weighted by atomic mass is 35.5. The van der Waals surface area contributed by atoms with Crippen LogP contribution in [0.3, 0.4) is 0 Å². The van der Waals surface area contributed by atoms with E-state index in [0.717, 1.165) is 63.4 Å². The van der Waals surface area contributed by atoms with Crippen molar-refractivity contribution in [2.24, 2.45) is 0 Å². The van der Waals surface area contributed by atoms with Gasteiger partial charge in [0.15, 0.2) is 15.7 Å². The van der Waals surface area contributed by atoms with Crippen LogP contribution in [0.4, 0.5) is 34.5 Å². The molecule has 1 amide bonds. The normalized spacial score (nSPS) is 16.8. The first-order chi connectivity index (χ1) is 22.0. The van der Waals surface area contributed by atoms with Crippen LogP contribution in [0.15, 0.2) is 60.1 Å². The summed E-state index contributed by atoms with van der Waals surface area (Å²) in [6, 6.07) is 11.2. The highest BCUT2D eigenvalue weighted by Crippen LogP contribution is 2.36. The number of anilines is 6. The number of carbonyl (C=O) groups excluding carboxylic acids is 1. The fourth-order valence-corrected chi connectivity index (χ4v) is 7.21. The van der Waals surface area contributed by atoms with Crippen LogP contribution in [0.2, 0.25) is 5.02 Å². The van der Waals surface area contributed by atoms with Gasteiger partial charge in [0, 0.05) is 51.0 Å². The van der Waals surface area contributed by atoms with E-state index in [1.165, 1.54) is 12.3 Å². The van der Waals surface area contributed by atoms with Crippen molar-refractivity contribution in [3.8, 4) is 0 Å². The predicted molar refractivity (Wildman–Crippen MR) is 187 cm³/mol. The third-order valence-electron chi connectivity index (χ3n) is 8.70. The number of aryl methyl sites for hydroxylation is 1. The van der Waals surface area contributed by atoms with E-state index < -0.39 is 15.1 Å². The largest absolute Gasteiger partial charge is 0.370 e. The van der Waals surface area contributed by atoms with Gasteiger partial charge in [-0.15, -0.1) is 0 Å². The number of para-hydroxylation sites is 1. The molecule has 2 aliphatic rings. The zero-order valence-corrected chi connectivity index (χ0v) is 28.5. The van der Waals surface area contributed by atoms with Crippen molar-refractivity contribution in [3.63, 3.8) is 0 Å². The molecule has 2 aliphatic heterocycles. The number of halogens is 1. The Kier molecular flexibility index (Phi) is 10.5. The number of hydrogen-bond donors (Lipinski definition) is 3. The molecule has 3 N–H and O–H groups in total. The zero-order chi connectivity index (χ0) is 33.0. The quantitative estimate of drug-likeness (QED) is 0.241. The maximum Gasteiger partial charge on any atom is 0.247 e. The van der Waals surface area contributed by atoms with Crippen LogP contribution in [0.1, 0.15) is 32.3 Å². The van der Waals surface area contributed by atoms with E-state index in [1.807, 2.05) is 13.0 Å². The molecule has 0 spiro atoms. The van der Waals surface area contributed by atoms with Crippen LogP contribution in [-0.4, -0.2) is 91.7 Å². The molecule has 246 valence electrons. The van der Waals surface area contributed by atoms with Gasteiger partial charge >= 0.3 is 0 Å². The van der Waals surface area contributed by atoms with E-state index in [1.54, 1.807) is 38.1 Å². The van der Waals surface area contributed by atoms with Crippen molar-refractivity contribution in [2.45, 2.75) is 49.8 Å². The average molecular weight is 667 g/mol. The summed E-state index contributed by atoms with van der Waals surface area (Å²) in [5.41, 5.74) is 3.63. The molecule has 13 heteroatoms. The Morgan fingerprint density at radius 3 is 2.39 bits per heavy atom. The first kappa shape index (κ1) is 33.6. The van der Waals surface area contributed by atoms with Gasteiger partial charge < -0.3 is 25.8 Å². The van der Waals surface area contributed by atoms with Crippen LogP contribution in [0.25, 0.3) is 0 Å². The molecule has 2 saturated heterocycles. The maximum atomic E-state index is 13.0. The molecule has 1 aromatic heterocycles. The molecule has 0 saturated carbocycles. The third kappa shape index (κ3) is 7.63. The summed E-state index contributed by atoms with van der Waals surface area (Å²) in [5, 5.41) is 8.96. The van der Waals surface area contributed by atoms with Crippen LogP contribution < -0.4 is 20.9 Å². The van der Waals surface area contributed by atoms with Gasteiger partial charge in [0.05, 0.1) is 33.4 Å². The first-order valence-corrected chi connectivity index (χ1v) is 17.5. The SMILES string of the molecule is C=CC(=O)Nc1cc(Nc2ncc(Cl)c(Nc3ccccc3S(=O)(=O)C(C)C)n2)c(C)cc1N1CCC(N2CCN(C)CC2)CC1. The van der Waals surface area contributed by atoms with Gasteiger partial charge in [-0.05, 0) is 76.6 Å². The molecule has 11 nitrogen and oxygen atoms in total. The smallest absolute Gasteiger partial charge is 0.247 e. The Labute approximate surface area is 277 Å². The summed E-state index contributed by atoms with van der Waals surface area (Å²) < 4.78 is 26.0. The van der Waals surface area contributed by atoms with Crippen LogP contribution in [0.5, 0.6) is 0 Å². The molecule has 3 aromatic rings. The van der Waals surface area contributed by atoms with Gasteiger partial charge in [-0.3, -0.25) is 9.69 Å². The molecule has 2 aromatic carbocycles. The lowest BCUT2D eigenvalue weighted by molar-refractivity contribution is -0.111. The second-order valence-corrected chi connectivity index (χ2v) is 15.0. The Morgan fingerprint density at radius 1 is 1.02 bits per heavy atom. The third-order valence-corrected chi connectivity index (χ3v) is 11.2. The van der Waals surface area contributed by atoms with Gasteiger partial charge in [-0.25, -0.2) is 13.4 Å². The Morgan fingerprint density at radius 2 is 1.72 bits per heavy atom. The van der Waals surface area contributed by atoms with Gasteiger partial charge in [-0.1, -0.05) is 30.3 Å². The van der Waals surface area contributed by atoms with E-state index in [-0.39, 0.29) is 27.6 Å². The van der Waals surface area contributed by atoms with Gasteiger partial charge in [0.2, 0.25) is 11.9 Å². The number of piperidine rings is 1. The Bertz CT molecular complexity index is 1680. The molecule has 0 aliphatic carbocycles. The number of piperazine rings is 1. The predicted octanol–water partition coefficient (Wildman–Crippen LogP) is 5.45. The Hall–Kier alpha value is -3.71. The standard InChI is InChI=1S/C33H43ClN8O3S/c1-6-31(43)36-28-20-27(23(4)19-29(28)42-13-11-24(12-14-42)41-17-15-40(5)16-18-41)38-33-35-21-25(34)32(39-33)37-26-9-7-8-10-30(26)46(44,45)22(2)3/h6-10,19-22,24H,1,11-18H2,2-5H3,(H,36,43)(H2,35,37,38,39). The number of nitrogens with one attached hydrogen (secondary N) is 3. The van der Waals surface area contributed by atoms with Gasteiger partial charge in [0.25, 0.3) is 0 Å². The molecule has 0 unspecified atom stereocenters. The average Bonchev–Trinajstić information content (AvgIpc) is 3.04. The van der Waals surface area contributed by atoms with E-state index in [4.69, 9.17) is 11.6 Å². The van der Waals surface area contributed by atoms with Crippen molar-refractivity contribution < 1.29 is 13.2 Å². The molecule has 5 rings (SSSR count). The molecule has 2 fully saturated rings. The minimum absolute atomic E-state index is 0.163. The van der Waals surface area contributed by atoms with Crippen LogP contribution in [-0.2, 0) is 14.6 Å². The number of benzene rings is 2. The molecule has 3 heterocycles. The molecule has 0 atom stereocenters. The van der Waals surface area contributed by atoms with E-state index in [0.29, 0.717) is 23.1 Å². The van der Waals surface area contributed by atoms with Crippen LogP contribution in [0, 0.1) is 6.92 Å². The monoisotopic (exact) mass is 666 g/mol. The van der Waals surface area contributed by atoms with Crippen molar-refractivity contribution in [2.75, 3.05) is 67.2 Å². The summed E-state index contributed by atoms with van der Waals surface area (Å²) in [6.45, 7) is 15.1. The number of amides is 1. The van der Waals surface area contributed by atoms with E-state index in [9.17, 15) is 13.2 Å². The lowest BCUT2D eigenvalue weighted by atomic mass is 10.0. The minimum atomic E-state index is -3.56. The fourth-order valence-electron chi connectivity index (χ4n) is 5.87. The first-order valence-electron chi connectivity index (χ1n) is 15.6.